The van der Waals surface area contributed by atoms with Crippen LogP contribution in [0.2, 0.25) is 0 Å². The van der Waals surface area contributed by atoms with Gasteiger partial charge in [0.1, 0.15) is 0 Å². The van der Waals surface area contributed by atoms with Crippen molar-refractivity contribution in [3.63, 3.8) is 0 Å². The van der Waals surface area contributed by atoms with E-state index in [0.717, 1.165) is 25.9 Å². The summed E-state index contributed by atoms with van der Waals surface area (Å²) in [7, 11) is 0. The fraction of sp³-hybridized carbons (Fsp3) is 0.909. The van der Waals surface area contributed by atoms with Crippen LogP contribution in [-0.2, 0) is 9.53 Å². The highest BCUT2D eigenvalue weighted by atomic mass is 35.5. The highest BCUT2D eigenvalue weighted by Gasteiger charge is 2.19. The van der Waals surface area contributed by atoms with Crippen LogP contribution in [0, 0.1) is 0 Å². The molecule has 0 atom stereocenters. The molecule has 1 heterocycles. The Bertz CT molecular complexity index is 216. The molecule has 1 aliphatic carbocycles. The quantitative estimate of drug-likeness (QED) is 0.758. The summed E-state index contributed by atoms with van der Waals surface area (Å²) in [5.74, 6) is 0.147. The highest BCUT2D eigenvalue weighted by Crippen LogP contribution is 2.17. The van der Waals surface area contributed by atoms with E-state index in [1.807, 2.05) is 0 Å². The molecule has 0 radical (unpaired) electrons. The van der Waals surface area contributed by atoms with Crippen molar-refractivity contribution in [2.45, 2.75) is 44.2 Å². The number of carbonyl (C=O) groups excluding carboxylic acids is 1. The second-order valence-electron chi connectivity index (χ2n) is 4.45. The SMILES string of the molecule is Cl.O=C(CCOC1CNC1)NC1CCCC1. The average molecular weight is 249 g/mol. The minimum absolute atomic E-state index is 0. The third-order valence-electron chi connectivity index (χ3n) is 3.15. The van der Waals surface area contributed by atoms with Gasteiger partial charge in [-0.2, -0.15) is 0 Å². The Balaban J connectivity index is 0.00000128. The zero-order chi connectivity index (χ0) is 10.5. The molecule has 2 aliphatic rings. The van der Waals surface area contributed by atoms with Gasteiger partial charge in [0.2, 0.25) is 5.91 Å². The topological polar surface area (TPSA) is 50.4 Å². The van der Waals surface area contributed by atoms with Crippen molar-refractivity contribution in [1.82, 2.24) is 10.6 Å². The molecular weight excluding hydrogens is 228 g/mol. The second kappa shape index (κ2) is 7.09. The van der Waals surface area contributed by atoms with Gasteiger partial charge < -0.3 is 15.4 Å². The number of hydrogen-bond acceptors (Lipinski definition) is 3. The lowest BCUT2D eigenvalue weighted by atomic mass is 10.2. The number of ether oxygens (including phenoxy) is 1. The summed E-state index contributed by atoms with van der Waals surface area (Å²) in [6.07, 6.45) is 5.67. The Morgan fingerprint density at radius 1 is 1.31 bits per heavy atom. The van der Waals surface area contributed by atoms with Crippen LogP contribution in [0.3, 0.4) is 0 Å². The third-order valence-corrected chi connectivity index (χ3v) is 3.15. The summed E-state index contributed by atoms with van der Waals surface area (Å²) < 4.78 is 5.49. The Hall–Kier alpha value is -0.320. The molecular formula is C11H21ClN2O2. The first-order valence-electron chi connectivity index (χ1n) is 5.96. The van der Waals surface area contributed by atoms with E-state index < -0.39 is 0 Å². The molecule has 0 aromatic heterocycles. The standard InChI is InChI=1S/C11H20N2O2.ClH/c14-11(13-9-3-1-2-4-9)5-6-15-10-7-12-8-10;/h9-10,12H,1-8H2,(H,13,14);1H. The van der Waals surface area contributed by atoms with Gasteiger partial charge in [-0.15, -0.1) is 12.4 Å². The fourth-order valence-corrected chi connectivity index (χ4v) is 2.07. The third kappa shape index (κ3) is 4.28. The summed E-state index contributed by atoms with van der Waals surface area (Å²) >= 11 is 0. The van der Waals surface area contributed by atoms with Gasteiger partial charge in [0.15, 0.2) is 0 Å². The highest BCUT2D eigenvalue weighted by molar-refractivity contribution is 5.85. The van der Waals surface area contributed by atoms with E-state index in [-0.39, 0.29) is 18.3 Å². The lowest BCUT2D eigenvalue weighted by Crippen LogP contribution is -2.48. The summed E-state index contributed by atoms with van der Waals surface area (Å²) in [4.78, 5) is 11.5. The minimum Gasteiger partial charge on any atom is -0.375 e. The first-order chi connectivity index (χ1) is 7.34. The van der Waals surface area contributed by atoms with Crippen LogP contribution in [0.1, 0.15) is 32.1 Å². The van der Waals surface area contributed by atoms with E-state index in [9.17, 15) is 4.79 Å². The lowest BCUT2D eigenvalue weighted by molar-refractivity contribution is -0.123. The number of halogens is 1. The first-order valence-corrected chi connectivity index (χ1v) is 5.96. The predicted octanol–water partition coefficient (Wildman–Crippen LogP) is 0.845. The molecule has 4 nitrogen and oxygen atoms in total. The lowest BCUT2D eigenvalue weighted by Gasteiger charge is -2.27. The van der Waals surface area contributed by atoms with Crippen LogP contribution in [0.5, 0.6) is 0 Å². The molecule has 1 saturated carbocycles. The van der Waals surface area contributed by atoms with Crippen LogP contribution < -0.4 is 10.6 Å². The molecule has 0 spiro atoms. The van der Waals surface area contributed by atoms with Crippen molar-refractivity contribution < 1.29 is 9.53 Å². The maximum atomic E-state index is 11.5. The van der Waals surface area contributed by atoms with E-state index in [2.05, 4.69) is 10.6 Å². The van der Waals surface area contributed by atoms with Crippen molar-refractivity contribution in [2.75, 3.05) is 19.7 Å². The maximum Gasteiger partial charge on any atom is 0.222 e. The van der Waals surface area contributed by atoms with Gasteiger partial charge in [0.25, 0.3) is 0 Å². The van der Waals surface area contributed by atoms with E-state index in [4.69, 9.17) is 4.74 Å². The largest absolute Gasteiger partial charge is 0.375 e. The molecule has 0 unspecified atom stereocenters. The van der Waals surface area contributed by atoms with Crippen molar-refractivity contribution in [3.8, 4) is 0 Å². The van der Waals surface area contributed by atoms with E-state index in [1.54, 1.807) is 0 Å². The smallest absolute Gasteiger partial charge is 0.222 e. The van der Waals surface area contributed by atoms with Gasteiger partial charge in [-0.3, -0.25) is 4.79 Å². The Morgan fingerprint density at radius 3 is 2.56 bits per heavy atom. The van der Waals surface area contributed by atoms with Crippen LogP contribution in [0.15, 0.2) is 0 Å². The van der Waals surface area contributed by atoms with E-state index in [0.29, 0.717) is 25.2 Å². The van der Waals surface area contributed by atoms with Crippen LogP contribution >= 0.6 is 12.4 Å². The zero-order valence-corrected chi connectivity index (χ0v) is 10.4. The normalized spacial score (nSPS) is 21.2. The molecule has 94 valence electrons. The Labute approximate surface area is 103 Å². The number of amides is 1. The molecule has 0 aromatic rings. The van der Waals surface area contributed by atoms with E-state index >= 15 is 0 Å². The number of carbonyl (C=O) groups is 1. The van der Waals surface area contributed by atoms with Crippen LogP contribution in [-0.4, -0.2) is 37.7 Å². The monoisotopic (exact) mass is 248 g/mol. The molecule has 0 aromatic carbocycles. The Morgan fingerprint density at radius 2 is 2.00 bits per heavy atom. The number of rotatable bonds is 5. The molecule has 1 aliphatic heterocycles. The van der Waals surface area contributed by atoms with Gasteiger partial charge >= 0.3 is 0 Å². The molecule has 1 saturated heterocycles. The summed E-state index contributed by atoms with van der Waals surface area (Å²) in [5, 5.41) is 6.19. The minimum atomic E-state index is 0. The van der Waals surface area contributed by atoms with Crippen molar-refractivity contribution in [2.24, 2.45) is 0 Å². The van der Waals surface area contributed by atoms with Gasteiger partial charge in [-0.1, -0.05) is 12.8 Å². The Kier molecular flexibility index (Phi) is 6.09. The van der Waals surface area contributed by atoms with Gasteiger partial charge in [-0.25, -0.2) is 0 Å². The zero-order valence-electron chi connectivity index (χ0n) is 9.54. The van der Waals surface area contributed by atoms with Crippen molar-refractivity contribution in [3.05, 3.63) is 0 Å². The summed E-state index contributed by atoms with van der Waals surface area (Å²) in [6, 6.07) is 0.433. The second-order valence-corrected chi connectivity index (χ2v) is 4.45. The summed E-state index contributed by atoms with van der Waals surface area (Å²) in [6.45, 7) is 2.43. The van der Waals surface area contributed by atoms with Crippen molar-refractivity contribution >= 4 is 18.3 Å². The molecule has 16 heavy (non-hydrogen) atoms. The van der Waals surface area contributed by atoms with Crippen molar-refractivity contribution in [1.29, 1.82) is 0 Å². The van der Waals surface area contributed by atoms with Gasteiger partial charge in [0, 0.05) is 25.6 Å². The molecule has 0 bridgehead atoms. The van der Waals surface area contributed by atoms with Crippen LogP contribution in [0.25, 0.3) is 0 Å². The number of hydrogen-bond donors (Lipinski definition) is 2. The molecule has 2 N–H and O–H groups in total. The predicted molar refractivity (Wildman–Crippen MR) is 64.9 cm³/mol. The molecule has 2 rings (SSSR count). The van der Waals surface area contributed by atoms with Crippen LogP contribution in [0.4, 0.5) is 0 Å². The molecule has 1 amide bonds. The average Bonchev–Trinajstić information content (AvgIpc) is 2.62. The van der Waals surface area contributed by atoms with E-state index in [1.165, 1.54) is 12.8 Å². The molecule has 2 fully saturated rings. The summed E-state index contributed by atoms with van der Waals surface area (Å²) in [5.41, 5.74) is 0. The van der Waals surface area contributed by atoms with Gasteiger partial charge in [0.05, 0.1) is 12.7 Å². The molecule has 5 heteroatoms. The number of nitrogens with one attached hydrogen (secondary N) is 2. The first kappa shape index (κ1) is 13.7. The maximum absolute atomic E-state index is 11.5. The van der Waals surface area contributed by atoms with Gasteiger partial charge in [-0.05, 0) is 12.8 Å². The fourth-order valence-electron chi connectivity index (χ4n) is 2.07.